The number of halogens is 1. The van der Waals surface area contributed by atoms with E-state index in [0.717, 1.165) is 0 Å². The van der Waals surface area contributed by atoms with E-state index in [9.17, 15) is 4.79 Å². The Morgan fingerprint density at radius 1 is 1.56 bits per heavy atom. The molecule has 6 heteroatoms. The van der Waals surface area contributed by atoms with Crippen molar-refractivity contribution in [3.05, 3.63) is 47.0 Å². The lowest BCUT2D eigenvalue weighted by Gasteiger charge is -2.04. The predicted octanol–water partition coefficient (Wildman–Crippen LogP) is 1.68. The largest absolute Gasteiger partial charge is 0.477 e. The maximum Gasteiger partial charge on any atom is 0.352 e. The summed E-state index contributed by atoms with van der Waals surface area (Å²) in [5, 5.41) is 16.9. The molecule has 0 atom stereocenters. The molecule has 0 aliphatic rings. The fourth-order valence-electron chi connectivity index (χ4n) is 1.38. The average Bonchev–Trinajstić information content (AvgIpc) is 2.61. The highest BCUT2D eigenvalue weighted by molar-refractivity contribution is 6.30. The second-order valence-corrected chi connectivity index (χ2v) is 3.63. The van der Waals surface area contributed by atoms with E-state index in [1.165, 1.54) is 10.6 Å². The van der Waals surface area contributed by atoms with E-state index < -0.39 is 5.97 Å². The molecule has 2 aromatic rings. The van der Waals surface area contributed by atoms with E-state index in [4.69, 9.17) is 16.7 Å². The summed E-state index contributed by atoms with van der Waals surface area (Å²) in [7, 11) is 0. The van der Waals surface area contributed by atoms with Gasteiger partial charge in [-0.1, -0.05) is 11.6 Å². The zero-order valence-corrected chi connectivity index (χ0v) is 8.92. The van der Waals surface area contributed by atoms with E-state index in [2.05, 4.69) is 10.2 Å². The van der Waals surface area contributed by atoms with Gasteiger partial charge in [-0.25, -0.2) is 4.79 Å². The number of aromatic nitrogens is 3. The van der Waals surface area contributed by atoms with Crippen molar-refractivity contribution in [2.45, 2.75) is 6.54 Å². The predicted molar refractivity (Wildman–Crippen MR) is 57.5 cm³/mol. The van der Waals surface area contributed by atoms with Gasteiger partial charge in [-0.05, 0) is 18.2 Å². The van der Waals surface area contributed by atoms with Crippen molar-refractivity contribution in [3.63, 3.8) is 0 Å². The van der Waals surface area contributed by atoms with Gasteiger partial charge in [-0.15, -0.1) is 0 Å². The van der Waals surface area contributed by atoms with Crippen LogP contribution in [0, 0.1) is 0 Å². The molecular formula is C10H8ClN3O2. The minimum Gasteiger partial charge on any atom is -0.477 e. The number of hydrogen-bond donors (Lipinski definition) is 1. The first-order valence-electron chi connectivity index (χ1n) is 4.52. The molecule has 0 fully saturated rings. The summed E-state index contributed by atoms with van der Waals surface area (Å²) in [6.45, 7) is 0.336. The molecule has 0 aliphatic heterocycles. The number of aromatic carboxylic acids is 1. The maximum atomic E-state index is 10.9. The van der Waals surface area contributed by atoms with Gasteiger partial charge in [-0.2, -0.15) is 10.2 Å². The summed E-state index contributed by atoms with van der Waals surface area (Å²) in [5.74, 6) is -1.02. The van der Waals surface area contributed by atoms with Crippen molar-refractivity contribution in [1.82, 2.24) is 14.8 Å². The third-order valence-electron chi connectivity index (χ3n) is 2.04. The van der Waals surface area contributed by atoms with Gasteiger partial charge >= 0.3 is 5.97 Å². The van der Waals surface area contributed by atoms with Crippen LogP contribution < -0.4 is 0 Å². The molecule has 0 saturated carbocycles. The Balaban J connectivity index is 2.31. The normalized spacial score (nSPS) is 10.3. The van der Waals surface area contributed by atoms with Crippen molar-refractivity contribution in [1.29, 1.82) is 0 Å². The fraction of sp³-hybridized carbons (Fsp3) is 0.100. The molecule has 1 N–H and O–H groups in total. The number of hydrogen-bond acceptors (Lipinski definition) is 3. The summed E-state index contributed by atoms with van der Waals surface area (Å²) < 4.78 is 1.52. The van der Waals surface area contributed by atoms with Gasteiger partial charge in [0.15, 0.2) is 0 Å². The molecule has 0 aliphatic carbocycles. The van der Waals surface area contributed by atoms with Gasteiger partial charge in [-0.3, -0.25) is 0 Å². The van der Waals surface area contributed by atoms with Crippen molar-refractivity contribution in [2.75, 3.05) is 0 Å². The topological polar surface area (TPSA) is 68.0 Å². The third-order valence-corrected chi connectivity index (χ3v) is 2.25. The Bertz CT molecular complexity index is 510. The molecule has 2 rings (SSSR count). The summed E-state index contributed by atoms with van der Waals surface area (Å²) in [4.78, 5) is 10.9. The molecule has 16 heavy (non-hydrogen) atoms. The molecule has 0 saturated heterocycles. The van der Waals surface area contributed by atoms with Gasteiger partial charge in [0.05, 0.1) is 17.3 Å². The van der Waals surface area contributed by atoms with Crippen LogP contribution in [0.3, 0.4) is 0 Å². The molecule has 0 unspecified atom stereocenters. The van der Waals surface area contributed by atoms with Crippen LogP contribution in [0.15, 0.2) is 30.6 Å². The third kappa shape index (κ3) is 2.20. The number of rotatable bonds is 3. The number of carbonyl (C=O) groups is 1. The molecule has 2 heterocycles. The van der Waals surface area contributed by atoms with Crippen LogP contribution in [0.5, 0.6) is 0 Å². The first-order chi connectivity index (χ1) is 7.66. The lowest BCUT2D eigenvalue weighted by molar-refractivity contribution is 0.0685. The van der Waals surface area contributed by atoms with E-state index >= 15 is 0 Å². The highest BCUT2D eigenvalue weighted by Gasteiger charge is 2.12. The van der Waals surface area contributed by atoms with Crippen LogP contribution in [0.2, 0.25) is 5.02 Å². The summed E-state index contributed by atoms with van der Waals surface area (Å²) >= 11 is 5.76. The molecule has 0 spiro atoms. The standard InChI is InChI=1S/C10H8ClN3O2/c11-7-4-9(10(15)16)14(5-7)6-8-2-1-3-12-13-8/h1-5H,6H2,(H,15,16). The molecule has 0 bridgehead atoms. The van der Waals surface area contributed by atoms with Gasteiger partial charge in [0.2, 0.25) is 0 Å². The van der Waals surface area contributed by atoms with E-state index in [-0.39, 0.29) is 5.69 Å². The summed E-state index contributed by atoms with van der Waals surface area (Å²) in [6, 6.07) is 4.92. The van der Waals surface area contributed by atoms with Crippen LogP contribution in [-0.2, 0) is 6.54 Å². The second-order valence-electron chi connectivity index (χ2n) is 3.19. The first kappa shape index (κ1) is 10.6. The second kappa shape index (κ2) is 4.32. The van der Waals surface area contributed by atoms with Crippen LogP contribution in [0.25, 0.3) is 0 Å². The van der Waals surface area contributed by atoms with Gasteiger partial charge < -0.3 is 9.67 Å². The number of carboxylic acid groups (broad SMARTS) is 1. The Morgan fingerprint density at radius 2 is 2.38 bits per heavy atom. The first-order valence-corrected chi connectivity index (χ1v) is 4.90. The fourth-order valence-corrected chi connectivity index (χ4v) is 1.60. The van der Waals surface area contributed by atoms with Gasteiger partial charge in [0.25, 0.3) is 0 Å². The van der Waals surface area contributed by atoms with Crippen molar-refractivity contribution in [3.8, 4) is 0 Å². The SMILES string of the molecule is O=C(O)c1cc(Cl)cn1Cc1cccnn1. The molecular weight excluding hydrogens is 230 g/mol. The van der Waals surface area contributed by atoms with Crippen LogP contribution in [0.1, 0.15) is 16.2 Å². The lowest BCUT2D eigenvalue weighted by atomic mass is 10.3. The Kier molecular flexibility index (Phi) is 2.87. The minimum absolute atomic E-state index is 0.135. The number of nitrogens with zero attached hydrogens (tertiary/aromatic N) is 3. The Hall–Kier alpha value is -1.88. The van der Waals surface area contributed by atoms with Crippen LogP contribution >= 0.6 is 11.6 Å². The van der Waals surface area contributed by atoms with Crippen molar-refractivity contribution in [2.24, 2.45) is 0 Å². The maximum absolute atomic E-state index is 10.9. The number of carboxylic acids is 1. The molecule has 2 aromatic heterocycles. The van der Waals surface area contributed by atoms with Crippen LogP contribution in [-0.4, -0.2) is 25.8 Å². The highest BCUT2D eigenvalue weighted by Crippen LogP contribution is 2.15. The molecule has 0 radical (unpaired) electrons. The lowest BCUT2D eigenvalue weighted by Crippen LogP contribution is -2.09. The van der Waals surface area contributed by atoms with Crippen molar-refractivity contribution >= 4 is 17.6 Å². The molecule has 0 aromatic carbocycles. The Labute approximate surface area is 96.3 Å². The molecule has 5 nitrogen and oxygen atoms in total. The van der Waals surface area contributed by atoms with Crippen LogP contribution in [0.4, 0.5) is 0 Å². The van der Waals surface area contributed by atoms with E-state index in [1.54, 1.807) is 24.5 Å². The average molecular weight is 238 g/mol. The molecule has 82 valence electrons. The minimum atomic E-state index is -1.02. The zero-order chi connectivity index (χ0) is 11.5. The summed E-state index contributed by atoms with van der Waals surface area (Å²) in [6.07, 6.45) is 3.12. The van der Waals surface area contributed by atoms with Crippen molar-refractivity contribution < 1.29 is 9.90 Å². The quantitative estimate of drug-likeness (QED) is 0.882. The van der Waals surface area contributed by atoms with Gasteiger partial charge in [0, 0.05) is 12.4 Å². The smallest absolute Gasteiger partial charge is 0.352 e. The monoisotopic (exact) mass is 237 g/mol. The highest BCUT2D eigenvalue weighted by atomic mass is 35.5. The van der Waals surface area contributed by atoms with Gasteiger partial charge in [0.1, 0.15) is 5.69 Å². The zero-order valence-electron chi connectivity index (χ0n) is 8.17. The molecule has 0 amide bonds. The Morgan fingerprint density at radius 3 is 3.00 bits per heavy atom. The van der Waals surface area contributed by atoms with E-state index in [1.807, 2.05) is 0 Å². The summed E-state index contributed by atoms with van der Waals surface area (Å²) in [5.41, 5.74) is 0.813. The van der Waals surface area contributed by atoms with E-state index in [0.29, 0.717) is 17.3 Å².